The molecule has 0 bridgehead atoms. The molecule has 0 atom stereocenters. The third-order valence-electron chi connectivity index (χ3n) is 2.83. The number of anilines is 1. The molecule has 0 unspecified atom stereocenters. The molecular weight excluding hydrogens is 324 g/mol. The topological polar surface area (TPSA) is 59.1 Å². The maximum absolute atomic E-state index is 12.3. The molecule has 7 heteroatoms. The fourth-order valence-corrected chi connectivity index (χ4v) is 4.58. The molecule has 0 aliphatic rings. The first-order chi connectivity index (χ1) is 10.1. The van der Waals surface area contributed by atoms with Crippen molar-refractivity contribution in [3.63, 3.8) is 0 Å². The van der Waals surface area contributed by atoms with E-state index in [1.165, 1.54) is 22.7 Å². The molecule has 4 nitrogen and oxygen atoms in total. The van der Waals surface area contributed by atoms with Gasteiger partial charge in [-0.2, -0.15) is 0 Å². The standard InChI is InChI=1S/C14H12N2O2S3/c1-10-15-13(9-20-10)11-5-2-3-6-12(11)16-21(17,18)14-7-4-8-19-14/h2-9,16H,1H3. The highest BCUT2D eigenvalue weighted by Crippen LogP contribution is 2.30. The van der Waals surface area contributed by atoms with Crippen molar-refractivity contribution in [2.24, 2.45) is 0 Å². The Kier molecular flexibility index (Phi) is 3.79. The monoisotopic (exact) mass is 336 g/mol. The molecular formula is C14H12N2O2S3. The van der Waals surface area contributed by atoms with Gasteiger partial charge in [0.25, 0.3) is 10.0 Å². The Labute approximate surface area is 131 Å². The lowest BCUT2D eigenvalue weighted by Gasteiger charge is -2.10. The average molecular weight is 336 g/mol. The number of sulfonamides is 1. The molecule has 0 spiro atoms. The molecule has 3 rings (SSSR count). The van der Waals surface area contributed by atoms with E-state index in [1.54, 1.807) is 29.6 Å². The zero-order valence-corrected chi connectivity index (χ0v) is 13.6. The van der Waals surface area contributed by atoms with E-state index in [-0.39, 0.29) is 0 Å². The van der Waals surface area contributed by atoms with Crippen molar-refractivity contribution >= 4 is 38.4 Å². The first-order valence-electron chi connectivity index (χ1n) is 6.14. The number of thiazole rings is 1. The Balaban J connectivity index is 2.01. The minimum Gasteiger partial charge on any atom is -0.278 e. The molecule has 2 aromatic heterocycles. The number of hydrogen-bond donors (Lipinski definition) is 1. The van der Waals surface area contributed by atoms with E-state index in [4.69, 9.17) is 0 Å². The van der Waals surface area contributed by atoms with Crippen molar-refractivity contribution in [1.82, 2.24) is 4.98 Å². The van der Waals surface area contributed by atoms with Crippen LogP contribution in [-0.4, -0.2) is 13.4 Å². The second-order valence-electron chi connectivity index (χ2n) is 4.33. The van der Waals surface area contributed by atoms with E-state index in [2.05, 4.69) is 9.71 Å². The predicted molar refractivity (Wildman–Crippen MR) is 87.4 cm³/mol. The first kappa shape index (κ1) is 14.2. The largest absolute Gasteiger partial charge is 0.278 e. The summed E-state index contributed by atoms with van der Waals surface area (Å²) in [6.07, 6.45) is 0. The van der Waals surface area contributed by atoms with Gasteiger partial charge >= 0.3 is 0 Å². The number of hydrogen-bond acceptors (Lipinski definition) is 5. The summed E-state index contributed by atoms with van der Waals surface area (Å²) in [7, 11) is -3.55. The number of thiophene rings is 1. The van der Waals surface area contributed by atoms with E-state index in [0.717, 1.165) is 16.3 Å². The van der Waals surface area contributed by atoms with E-state index in [0.29, 0.717) is 9.90 Å². The molecule has 21 heavy (non-hydrogen) atoms. The Bertz CT molecular complexity index is 852. The number of benzene rings is 1. The lowest BCUT2D eigenvalue weighted by atomic mass is 10.1. The van der Waals surface area contributed by atoms with Crippen molar-refractivity contribution in [1.29, 1.82) is 0 Å². The van der Waals surface area contributed by atoms with E-state index < -0.39 is 10.0 Å². The molecule has 0 aliphatic carbocycles. The summed E-state index contributed by atoms with van der Waals surface area (Å²) in [5.41, 5.74) is 2.10. The summed E-state index contributed by atoms with van der Waals surface area (Å²) >= 11 is 2.73. The van der Waals surface area contributed by atoms with E-state index in [1.807, 2.05) is 24.4 Å². The van der Waals surface area contributed by atoms with Gasteiger partial charge in [0.05, 0.1) is 16.4 Å². The lowest BCUT2D eigenvalue weighted by molar-refractivity contribution is 0.603. The summed E-state index contributed by atoms with van der Waals surface area (Å²) < 4.78 is 27.6. The maximum atomic E-state index is 12.3. The second-order valence-corrected chi connectivity index (χ2v) is 8.25. The normalized spacial score (nSPS) is 11.5. The molecule has 2 heterocycles. The van der Waals surface area contributed by atoms with Crippen LogP contribution in [0.25, 0.3) is 11.3 Å². The van der Waals surface area contributed by atoms with Gasteiger partial charge in [0, 0.05) is 10.9 Å². The Morgan fingerprint density at radius 3 is 2.57 bits per heavy atom. The van der Waals surface area contributed by atoms with Crippen LogP contribution in [0.15, 0.2) is 51.4 Å². The molecule has 3 aromatic rings. The number of nitrogens with zero attached hydrogens (tertiary/aromatic N) is 1. The molecule has 0 radical (unpaired) electrons. The minimum atomic E-state index is -3.55. The molecule has 0 amide bonds. The molecule has 0 fully saturated rings. The fourth-order valence-electron chi connectivity index (χ4n) is 1.89. The number of aromatic nitrogens is 1. The van der Waals surface area contributed by atoms with Crippen molar-refractivity contribution < 1.29 is 8.42 Å². The summed E-state index contributed by atoms with van der Waals surface area (Å²) in [6.45, 7) is 1.92. The molecule has 0 saturated carbocycles. The van der Waals surface area contributed by atoms with Crippen LogP contribution in [0, 0.1) is 6.92 Å². The zero-order chi connectivity index (χ0) is 14.9. The SMILES string of the molecule is Cc1nc(-c2ccccc2NS(=O)(=O)c2cccs2)cs1. The number of nitrogens with one attached hydrogen (secondary N) is 1. The zero-order valence-electron chi connectivity index (χ0n) is 11.1. The summed E-state index contributed by atoms with van der Waals surface area (Å²) in [6, 6.07) is 10.6. The van der Waals surface area contributed by atoms with Gasteiger partial charge in [-0.15, -0.1) is 22.7 Å². The smallest absolute Gasteiger partial charge is 0.271 e. The van der Waals surface area contributed by atoms with Gasteiger partial charge in [-0.25, -0.2) is 13.4 Å². The van der Waals surface area contributed by atoms with Crippen molar-refractivity contribution in [2.45, 2.75) is 11.1 Å². The highest BCUT2D eigenvalue weighted by Gasteiger charge is 2.17. The summed E-state index contributed by atoms with van der Waals surface area (Å²) in [5, 5.41) is 4.61. The van der Waals surface area contributed by atoms with Crippen molar-refractivity contribution in [3.8, 4) is 11.3 Å². The number of rotatable bonds is 4. The second kappa shape index (κ2) is 5.59. The number of para-hydroxylation sites is 1. The van der Waals surface area contributed by atoms with E-state index >= 15 is 0 Å². The minimum absolute atomic E-state index is 0.298. The fraction of sp³-hybridized carbons (Fsp3) is 0.0714. The number of aryl methyl sites for hydroxylation is 1. The molecule has 0 aliphatic heterocycles. The van der Waals surface area contributed by atoms with Crippen LogP contribution in [-0.2, 0) is 10.0 Å². The Hall–Kier alpha value is -1.70. The van der Waals surface area contributed by atoms with Gasteiger partial charge in [-0.3, -0.25) is 4.72 Å². The summed E-state index contributed by atoms with van der Waals surface area (Å²) in [5.74, 6) is 0. The van der Waals surface area contributed by atoms with Crippen LogP contribution in [0.1, 0.15) is 5.01 Å². The third kappa shape index (κ3) is 2.99. The van der Waals surface area contributed by atoms with Crippen molar-refractivity contribution in [3.05, 3.63) is 52.2 Å². The first-order valence-corrected chi connectivity index (χ1v) is 9.38. The Morgan fingerprint density at radius 1 is 1.10 bits per heavy atom. The highest BCUT2D eigenvalue weighted by molar-refractivity contribution is 7.94. The Morgan fingerprint density at radius 2 is 1.90 bits per heavy atom. The van der Waals surface area contributed by atoms with Crippen LogP contribution in [0.5, 0.6) is 0 Å². The maximum Gasteiger partial charge on any atom is 0.271 e. The van der Waals surface area contributed by atoms with Crippen LogP contribution in [0.4, 0.5) is 5.69 Å². The van der Waals surface area contributed by atoms with Crippen LogP contribution >= 0.6 is 22.7 Å². The van der Waals surface area contributed by atoms with Gasteiger partial charge in [-0.1, -0.05) is 24.3 Å². The van der Waals surface area contributed by atoms with Crippen LogP contribution in [0.2, 0.25) is 0 Å². The summed E-state index contributed by atoms with van der Waals surface area (Å²) in [4.78, 5) is 4.42. The van der Waals surface area contributed by atoms with Crippen LogP contribution < -0.4 is 4.72 Å². The molecule has 0 saturated heterocycles. The van der Waals surface area contributed by atoms with Gasteiger partial charge in [0.15, 0.2) is 0 Å². The van der Waals surface area contributed by atoms with Gasteiger partial charge < -0.3 is 0 Å². The average Bonchev–Trinajstić information content (AvgIpc) is 3.10. The molecule has 1 aromatic carbocycles. The molecule has 1 N–H and O–H groups in total. The lowest BCUT2D eigenvalue weighted by Crippen LogP contribution is -2.12. The molecule has 108 valence electrons. The van der Waals surface area contributed by atoms with Crippen LogP contribution in [0.3, 0.4) is 0 Å². The van der Waals surface area contributed by atoms with Gasteiger partial charge in [0.1, 0.15) is 4.21 Å². The van der Waals surface area contributed by atoms with Gasteiger partial charge in [-0.05, 0) is 24.4 Å². The quantitative estimate of drug-likeness (QED) is 0.784. The van der Waals surface area contributed by atoms with Gasteiger partial charge in [0.2, 0.25) is 0 Å². The predicted octanol–water partition coefficient (Wildman–Crippen LogP) is 3.98. The van der Waals surface area contributed by atoms with E-state index in [9.17, 15) is 8.42 Å². The highest BCUT2D eigenvalue weighted by atomic mass is 32.2. The third-order valence-corrected chi connectivity index (χ3v) is 6.36. The van der Waals surface area contributed by atoms with Crippen molar-refractivity contribution in [2.75, 3.05) is 4.72 Å².